The lowest BCUT2D eigenvalue weighted by Crippen LogP contribution is -2.32. The Labute approximate surface area is 164 Å². The van der Waals surface area contributed by atoms with E-state index in [1.165, 1.54) is 43.9 Å². The molecule has 4 rings (SSSR count). The fraction of sp³-hybridized carbons (Fsp3) is 0.550. The van der Waals surface area contributed by atoms with Gasteiger partial charge in [0, 0.05) is 24.8 Å². The first-order valence-corrected chi connectivity index (χ1v) is 10.7. The van der Waals surface area contributed by atoms with Gasteiger partial charge >= 0.3 is 0 Å². The van der Waals surface area contributed by atoms with E-state index in [0.717, 1.165) is 35.4 Å². The van der Waals surface area contributed by atoms with E-state index in [0.29, 0.717) is 6.04 Å². The average Bonchev–Trinajstić information content (AvgIpc) is 3.44. The zero-order chi connectivity index (χ0) is 18.8. The Morgan fingerprint density at radius 2 is 1.93 bits per heavy atom. The number of benzene rings is 1. The highest BCUT2D eigenvalue weighted by Gasteiger charge is 2.33. The molecule has 1 saturated heterocycles. The van der Waals surface area contributed by atoms with Crippen molar-refractivity contribution in [1.82, 2.24) is 14.8 Å². The largest absolute Gasteiger partial charge is 0.341 e. The highest BCUT2D eigenvalue weighted by Crippen LogP contribution is 2.42. The molecule has 0 spiro atoms. The summed E-state index contributed by atoms with van der Waals surface area (Å²) >= 11 is 1.51. The van der Waals surface area contributed by atoms with Crippen LogP contribution in [0, 0.1) is 6.92 Å². The number of aromatic nitrogens is 3. The zero-order valence-corrected chi connectivity index (χ0v) is 16.8. The second kappa shape index (κ2) is 7.92. The van der Waals surface area contributed by atoms with Crippen LogP contribution < -0.4 is 10.2 Å². The minimum atomic E-state index is -0.236. The highest BCUT2D eigenvalue weighted by molar-refractivity contribution is 8.00. The van der Waals surface area contributed by atoms with Gasteiger partial charge in [0.05, 0.1) is 5.25 Å². The van der Waals surface area contributed by atoms with Crippen LogP contribution in [0.5, 0.6) is 0 Å². The maximum absolute atomic E-state index is 12.7. The fourth-order valence-electron chi connectivity index (χ4n) is 3.47. The summed E-state index contributed by atoms with van der Waals surface area (Å²) in [7, 11) is 0. The van der Waals surface area contributed by atoms with Crippen molar-refractivity contribution in [2.45, 2.75) is 62.4 Å². The van der Waals surface area contributed by atoms with E-state index in [1.807, 2.05) is 38.1 Å². The van der Waals surface area contributed by atoms with Gasteiger partial charge in [0.1, 0.15) is 0 Å². The minimum Gasteiger partial charge on any atom is -0.341 e. The molecular weight excluding hydrogens is 358 g/mol. The molecule has 1 aromatic carbocycles. The van der Waals surface area contributed by atoms with Gasteiger partial charge in [-0.3, -0.25) is 9.36 Å². The fourth-order valence-corrected chi connectivity index (χ4v) is 4.39. The number of nitrogens with one attached hydrogen (secondary N) is 1. The molecule has 1 atom stereocenters. The predicted molar refractivity (Wildman–Crippen MR) is 109 cm³/mol. The van der Waals surface area contributed by atoms with E-state index < -0.39 is 0 Å². The molecule has 1 aliphatic carbocycles. The summed E-state index contributed by atoms with van der Waals surface area (Å²) in [6, 6.07) is 8.35. The van der Waals surface area contributed by atoms with Crippen molar-refractivity contribution < 1.29 is 4.79 Å². The number of thioether (sulfide) groups is 1. The molecule has 2 aliphatic rings. The van der Waals surface area contributed by atoms with E-state index >= 15 is 0 Å². The molecule has 2 heterocycles. The topological polar surface area (TPSA) is 63.1 Å². The van der Waals surface area contributed by atoms with Gasteiger partial charge in [0.15, 0.2) is 5.16 Å². The quantitative estimate of drug-likeness (QED) is 0.761. The number of hydrogen-bond donors (Lipinski definition) is 1. The van der Waals surface area contributed by atoms with Crippen molar-refractivity contribution >= 4 is 29.3 Å². The number of nitrogens with zero attached hydrogens (tertiary/aromatic N) is 4. The standard InChI is InChI=1S/C20H27N5OS/c1-14-8-4-5-9-17(14)21-18(26)15(2)27-20-23-22-19(25(20)16-10-11-16)24-12-6-3-7-13-24/h4-5,8-9,15-16H,3,6-7,10-13H2,1-2H3,(H,21,26)/t15-/m0/s1. The smallest absolute Gasteiger partial charge is 0.237 e. The number of carbonyl (C=O) groups is 1. The number of piperidine rings is 1. The van der Waals surface area contributed by atoms with Crippen molar-refractivity contribution in [3.05, 3.63) is 29.8 Å². The molecule has 1 N–H and O–H groups in total. The Morgan fingerprint density at radius 1 is 1.19 bits per heavy atom. The van der Waals surface area contributed by atoms with Crippen molar-refractivity contribution in [3.63, 3.8) is 0 Å². The lowest BCUT2D eigenvalue weighted by atomic mass is 10.1. The molecular formula is C20H27N5OS. The van der Waals surface area contributed by atoms with E-state index in [1.54, 1.807) is 0 Å². The zero-order valence-electron chi connectivity index (χ0n) is 16.0. The Morgan fingerprint density at radius 3 is 2.63 bits per heavy atom. The molecule has 7 heteroatoms. The van der Waals surface area contributed by atoms with Crippen molar-refractivity contribution in [2.75, 3.05) is 23.3 Å². The van der Waals surface area contributed by atoms with Crippen molar-refractivity contribution in [3.8, 4) is 0 Å². The molecule has 0 unspecified atom stereocenters. The van der Waals surface area contributed by atoms with Gasteiger partial charge < -0.3 is 10.2 Å². The number of aryl methyl sites for hydroxylation is 1. The number of para-hydroxylation sites is 1. The van der Waals surface area contributed by atoms with Crippen LogP contribution in [0.25, 0.3) is 0 Å². The van der Waals surface area contributed by atoms with Gasteiger partial charge in [-0.1, -0.05) is 30.0 Å². The monoisotopic (exact) mass is 385 g/mol. The minimum absolute atomic E-state index is 0.000769. The molecule has 0 radical (unpaired) electrons. The number of hydrogen-bond acceptors (Lipinski definition) is 5. The van der Waals surface area contributed by atoms with Crippen LogP contribution in [0.2, 0.25) is 0 Å². The van der Waals surface area contributed by atoms with Crippen LogP contribution in [0.4, 0.5) is 11.6 Å². The molecule has 0 bridgehead atoms. The summed E-state index contributed by atoms with van der Waals surface area (Å²) in [5, 5.41) is 12.6. The van der Waals surface area contributed by atoms with E-state index in [-0.39, 0.29) is 11.2 Å². The molecule has 2 aromatic rings. The van der Waals surface area contributed by atoms with Crippen LogP contribution in [-0.4, -0.2) is 39.0 Å². The normalized spacial score (nSPS) is 18.4. The second-order valence-electron chi connectivity index (χ2n) is 7.50. The first-order valence-electron chi connectivity index (χ1n) is 9.86. The number of anilines is 2. The number of amides is 1. The summed E-state index contributed by atoms with van der Waals surface area (Å²) in [5.41, 5.74) is 1.93. The summed E-state index contributed by atoms with van der Waals surface area (Å²) < 4.78 is 2.27. The number of rotatable bonds is 6. The maximum atomic E-state index is 12.7. The third-order valence-electron chi connectivity index (χ3n) is 5.25. The summed E-state index contributed by atoms with van der Waals surface area (Å²) in [5.74, 6) is 0.991. The van der Waals surface area contributed by atoms with Gasteiger partial charge in [0.2, 0.25) is 11.9 Å². The molecule has 6 nitrogen and oxygen atoms in total. The lowest BCUT2D eigenvalue weighted by Gasteiger charge is -2.28. The first kappa shape index (κ1) is 18.3. The van der Waals surface area contributed by atoms with Crippen LogP contribution in [0.1, 0.15) is 50.6 Å². The predicted octanol–water partition coefficient (Wildman–Crippen LogP) is 4.03. The molecule has 1 aliphatic heterocycles. The summed E-state index contributed by atoms with van der Waals surface area (Å²) in [4.78, 5) is 15.0. The second-order valence-corrected chi connectivity index (χ2v) is 8.80. The lowest BCUT2D eigenvalue weighted by molar-refractivity contribution is -0.115. The molecule has 144 valence electrons. The van der Waals surface area contributed by atoms with E-state index in [4.69, 9.17) is 0 Å². The molecule has 1 amide bonds. The van der Waals surface area contributed by atoms with Gasteiger partial charge in [-0.25, -0.2) is 0 Å². The third-order valence-corrected chi connectivity index (χ3v) is 6.31. The van der Waals surface area contributed by atoms with Crippen molar-refractivity contribution in [2.24, 2.45) is 0 Å². The summed E-state index contributed by atoms with van der Waals surface area (Å²) in [6.45, 7) is 6.05. The van der Waals surface area contributed by atoms with Gasteiger partial charge in [0.25, 0.3) is 0 Å². The van der Waals surface area contributed by atoms with Crippen molar-refractivity contribution in [1.29, 1.82) is 0 Å². The third kappa shape index (κ3) is 4.13. The molecule has 27 heavy (non-hydrogen) atoms. The van der Waals surface area contributed by atoms with Crippen LogP contribution in [-0.2, 0) is 4.79 Å². The van der Waals surface area contributed by atoms with Gasteiger partial charge in [-0.15, -0.1) is 10.2 Å². The SMILES string of the molecule is Cc1ccccc1NC(=O)[C@H](C)Sc1nnc(N2CCCCC2)n1C1CC1. The molecule has 1 saturated carbocycles. The Bertz CT molecular complexity index is 810. The Balaban J connectivity index is 1.47. The Kier molecular flexibility index (Phi) is 5.38. The molecule has 1 aromatic heterocycles. The molecule has 2 fully saturated rings. The maximum Gasteiger partial charge on any atom is 0.237 e. The van der Waals surface area contributed by atoms with Gasteiger partial charge in [-0.05, 0) is 57.6 Å². The Hall–Kier alpha value is -2.02. The average molecular weight is 386 g/mol. The number of carbonyl (C=O) groups excluding carboxylic acids is 1. The van der Waals surface area contributed by atoms with Crippen LogP contribution in [0.3, 0.4) is 0 Å². The van der Waals surface area contributed by atoms with E-state index in [2.05, 4.69) is 25.0 Å². The van der Waals surface area contributed by atoms with Gasteiger partial charge in [-0.2, -0.15) is 0 Å². The van der Waals surface area contributed by atoms with Crippen LogP contribution >= 0.6 is 11.8 Å². The van der Waals surface area contributed by atoms with Crippen LogP contribution in [0.15, 0.2) is 29.4 Å². The highest BCUT2D eigenvalue weighted by atomic mass is 32.2. The summed E-state index contributed by atoms with van der Waals surface area (Å²) in [6.07, 6.45) is 6.09. The van der Waals surface area contributed by atoms with E-state index in [9.17, 15) is 4.79 Å². The first-order chi connectivity index (χ1) is 13.1.